The lowest BCUT2D eigenvalue weighted by Gasteiger charge is -2.45. The topological polar surface area (TPSA) is 81.1 Å². The molecule has 28 heavy (non-hydrogen) atoms. The molecule has 1 spiro atoms. The first-order valence-corrected chi connectivity index (χ1v) is 9.40. The highest BCUT2D eigenvalue weighted by Crippen LogP contribution is 2.45. The van der Waals surface area contributed by atoms with Crippen molar-refractivity contribution in [2.75, 3.05) is 38.8 Å². The van der Waals surface area contributed by atoms with Gasteiger partial charge in [-0.1, -0.05) is 0 Å². The van der Waals surface area contributed by atoms with Crippen LogP contribution in [0.15, 0.2) is 30.5 Å². The number of aromatic carboxylic acids is 1. The summed E-state index contributed by atoms with van der Waals surface area (Å²) in [5.41, 5.74) is 2.22. The highest BCUT2D eigenvalue weighted by Gasteiger charge is 2.42. The van der Waals surface area contributed by atoms with Gasteiger partial charge in [0.05, 0.1) is 26.4 Å². The Morgan fingerprint density at radius 2 is 1.93 bits per heavy atom. The van der Waals surface area contributed by atoms with Crippen LogP contribution in [0.2, 0.25) is 0 Å². The number of aromatic nitrogens is 1. The molecule has 1 N–H and O–H groups in total. The van der Waals surface area contributed by atoms with Crippen molar-refractivity contribution in [1.82, 2.24) is 4.98 Å². The van der Waals surface area contributed by atoms with E-state index in [1.165, 1.54) is 5.56 Å². The number of rotatable bonds is 4. The van der Waals surface area contributed by atoms with E-state index in [2.05, 4.69) is 4.98 Å². The van der Waals surface area contributed by atoms with Crippen molar-refractivity contribution < 1.29 is 24.1 Å². The minimum Gasteiger partial charge on any atom is -0.493 e. The lowest BCUT2D eigenvalue weighted by molar-refractivity contribution is -0.0768. The van der Waals surface area contributed by atoms with Crippen LogP contribution in [0.5, 0.6) is 11.5 Å². The van der Waals surface area contributed by atoms with Crippen molar-refractivity contribution in [2.24, 2.45) is 0 Å². The van der Waals surface area contributed by atoms with E-state index in [1.807, 2.05) is 17.0 Å². The predicted molar refractivity (Wildman–Crippen MR) is 104 cm³/mol. The molecule has 7 nitrogen and oxygen atoms in total. The second-order valence-electron chi connectivity index (χ2n) is 7.12. The first-order chi connectivity index (χ1) is 13.6. The van der Waals surface area contributed by atoms with Crippen LogP contribution < -0.4 is 14.4 Å². The molecular formula is C21H24N2O5. The van der Waals surface area contributed by atoms with E-state index < -0.39 is 5.97 Å². The Morgan fingerprint density at radius 1 is 1.21 bits per heavy atom. The summed E-state index contributed by atoms with van der Waals surface area (Å²) in [6.07, 6.45) is 3.98. The highest BCUT2D eigenvalue weighted by atomic mass is 16.5. The number of carboxylic acids is 1. The van der Waals surface area contributed by atoms with Crippen molar-refractivity contribution in [3.05, 3.63) is 47.2 Å². The fourth-order valence-electron chi connectivity index (χ4n) is 4.30. The maximum Gasteiger partial charge on any atom is 0.339 e. The molecule has 0 atom stereocenters. The van der Waals surface area contributed by atoms with Crippen LogP contribution in [0.4, 0.5) is 5.82 Å². The van der Waals surface area contributed by atoms with Gasteiger partial charge < -0.3 is 24.2 Å². The zero-order chi connectivity index (χ0) is 19.7. The number of hydrogen-bond acceptors (Lipinski definition) is 6. The second kappa shape index (κ2) is 7.31. The number of pyridine rings is 1. The van der Waals surface area contributed by atoms with Crippen LogP contribution in [0.3, 0.4) is 0 Å². The molecule has 7 heteroatoms. The Kier molecular flexibility index (Phi) is 4.85. The number of carbonyl (C=O) groups is 1. The number of fused-ring (bicyclic) bond motifs is 2. The monoisotopic (exact) mass is 384 g/mol. The molecule has 4 rings (SSSR count). The van der Waals surface area contributed by atoms with Gasteiger partial charge in [-0.3, -0.25) is 0 Å². The summed E-state index contributed by atoms with van der Waals surface area (Å²) in [4.78, 5) is 17.9. The summed E-state index contributed by atoms with van der Waals surface area (Å²) < 4.78 is 17.3. The molecule has 0 aliphatic carbocycles. The van der Waals surface area contributed by atoms with Crippen molar-refractivity contribution in [2.45, 2.75) is 24.9 Å². The van der Waals surface area contributed by atoms with Gasteiger partial charge in [0.2, 0.25) is 0 Å². The molecule has 3 heterocycles. The number of ether oxygens (including phenoxy) is 3. The van der Waals surface area contributed by atoms with Crippen molar-refractivity contribution in [1.29, 1.82) is 0 Å². The summed E-state index contributed by atoms with van der Waals surface area (Å²) >= 11 is 0. The Balaban J connectivity index is 1.63. The molecule has 2 aliphatic rings. The van der Waals surface area contributed by atoms with Gasteiger partial charge in [0.25, 0.3) is 0 Å². The van der Waals surface area contributed by atoms with Crippen molar-refractivity contribution in [3.8, 4) is 11.5 Å². The molecule has 2 aromatic rings. The average molecular weight is 384 g/mol. The standard InChI is InChI=1S/C21H24N2O5/c1-26-17-12-14-5-11-28-21(16(14)13-18(17)27-2)6-9-23(10-7-21)19-15(20(24)25)4-3-8-22-19/h3-4,8,12-13H,5-7,9-11H2,1-2H3,(H,24,25). The highest BCUT2D eigenvalue weighted by molar-refractivity contribution is 5.93. The smallest absolute Gasteiger partial charge is 0.339 e. The van der Waals surface area contributed by atoms with Crippen LogP contribution in [-0.4, -0.2) is 50.0 Å². The third-order valence-corrected chi connectivity index (χ3v) is 5.74. The van der Waals surface area contributed by atoms with E-state index >= 15 is 0 Å². The number of anilines is 1. The lowest BCUT2D eigenvalue weighted by atomic mass is 9.79. The molecule has 1 fully saturated rings. The van der Waals surface area contributed by atoms with E-state index in [0.717, 1.165) is 30.6 Å². The van der Waals surface area contributed by atoms with E-state index in [4.69, 9.17) is 14.2 Å². The van der Waals surface area contributed by atoms with Crippen LogP contribution in [0.25, 0.3) is 0 Å². The van der Waals surface area contributed by atoms with E-state index in [1.54, 1.807) is 32.5 Å². The summed E-state index contributed by atoms with van der Waals surface area (Å²) in [7, 11) is 3.28. The first-order valence-electron chi connectivity index (χ1n) is 9.40. The first kappa shape index (κ1) is 18.6. The molecule has 2 aliphatic heterocycles. The molecule has 0 saturated carbocycles. The number of hydrogen-bond donors (Lipinski definition) is 1. The maximum absolute atomic E-state index is 11.5. The van der Waals surface area contributed by atoms with Gasteiger partial charge in [0.1, 0.15) is 11.4 Å². The molecule has 148 valence electrons. The van der Waals surface area contributed by atoms with Gasteiger partial charge >= 0.3 is 5.97 Å². The normalized spacial score (nSPS) is 17.9. The SMILES string of the molecule is COc1cc2c(cc1OC)C1(CCN(c3ncccc3C(=O)O)CC1)OCC2. The number of carboxylic acid groups (broad SMARTS) is 1. The number of methoxy groups -OCH3 is 2. The van der Waals surface area contributed by atoms with Gasteiger partial charge in [-0.25, -0.2) is 9.78 Å². The lowest BCUT2D eigenvalue weighted by Crippen LogP contribution is -2.47. The quantitative estimate of drug-likeness (QED) is 0.868. The van der Waals surface area contributed by atoms with Gasteiger partial charge in [0, 0.05) is 19.3 Å². The van der Waals surface area contributed by atoms with E-state index in [0.29, 0.717) is 31.3 Å². The zero-order valence-electron chi connectivity index (χ0n) is 16.1. The molecule has 0 bridgehead atoms. The summed E-state index contributed by atoms with van der Waals surface area (Å²) in [5, 5.41) is 9.46. The van der Waals surface area contributed by atoms with Crippen LogP contribution in [-0.2, 0) is 16.8 Å². The predicted octanol–water partition coefficient (Wildman–Crippen LogP) is 2.87. The summed E-state index contributed by atoms with van der Waals surface area (Å²) in [6, 6.07) is 7.33. The summed E-state index contributed by atoms with van der Waals surface area (Å²) in [5.74, 6) is 0.995. The molecule has 0 unspecified atom stereocenters. The van der Waals surface area contributed by atoms with Crippen molar-refractivity contribution >= 4 is 11.8 Å². The Morgan fingerprint density at radius 3 is 2.61 bits per heavy atom. The second-order valence-corrected chi connectivity index (χ2v) is 7.12. The molecule has 0 radical (unpaired) electrons. The van der Waals surface area contributed by atoms with Crippen LogP contribution >= 0.6 is 0 Å². The number of benzene rings is 1. The molecule has 1 aromatic carbocycles. The maximum atomic E-state index is 11.5. The fraction of sp³-hybridized carbons (Fsp3) is 0.429. The molecular weight excluding hydrogens is 360 g/mol. The van der Waals surface area contributed by atoms with Gasteiger partial charge in [-0.2, -0.15) is 0 Å². The molecule has 0 amide bonds. The Bertz CT molecular complexity index is 890. The fourth-order valence-corrected chi connectivity index (χ4v) is 4.30. The number of piperidine rings is 1. The minimum absolute atomic E-state index is 0.231. The third kappa shape index (κ3) is 3.05. The third-order valence-electron chi connectivity index (χ3n) is 5.74. The van der Waals surface area contributed by atoms with Crippen LogP contribution in [0.1, 0.15) is 34.3 Å². The average Bonchev–Trinajstić information content (AvgIpc) is 2.73. The molecule has 1 saturated heterocycles. The largest absolute Gasteiger partial charge is 0.493 e. The summed E-state index contributed by atoms with van der Waals surface area (Å²) in [6.45, 7) is 2.00. The van der Waals surface area contributed by atoms with Gasteiger partial charge in [0.15, 0.2) is 11.5 Å². The zero-order valence-corrected chi connectivity index (χ0v) is 16.1. The van der Waals surface area contributed by atoms with Crippen LogP contribution in [0, 0.1) is 0 Å². The Labute approximate surface area is 163 Å². The van der Waals surface area contributed by atoms with Gasteiger partial charge in [-0.15, -0.1) is 0 Å². The van der Waals surface area contributed by atoms with E-state index in [-0.39, 0.29) is 11.2 Å². The van der Waals surface area contributed by atoms with E-state index in [9.17, 15) is 9.90 Å². The van der Waals surface area contributed by atoms with Gasteiger partial charge in [-0.05, 0) is 54.7 Å². The minimum atomic E-state index is -0.959. The Hall–Kier alpha value is -2.80. The number of nitrogens with zero attached hydrogens (tertiary/aromatic N) is 2. The van der Waals surface area contributed by atoms with Crippen molar-refractivity contribution in [3.63, 3.8) is 0 Å². The molecule has 1 aromatic heterocycles.